The summed E-state index contributed by atoms with van der Waals surface area (Å²) in [5, 5.41) is 0. The van der Waals surface area contributed by atoms with Crippen LogP contribution in [0.4, 0.5) is 4.79 Å². The van der Waals surface area contributed by atoms with Gasteiger partial charge in [0.05, 0.1) is 0 Å². The third-order valence-corrected chi connectivity index (χ3v) is 0.745. The normalized spacial score (nSPS) is 12.1. The standard InChI is InChI=1S/C5H9NO3/c1-4(2-3-7)9-5(6)8/h3-4H,2H2,1H3,(H2,6,8). The van der Waals surface area contributed by atoms with Crippen LogP contribution in [0.15, 0.2) is 0 Å². The lowest BCUT2D eigenvalue weighted by molar-refractivity contribution is -0.109. The van der Waals surface area contributed by atoms with E-state index in [-0.39, 0.29) is 6.42 Å². The van der Waals surface area contributed by atoms with Crippen LogP contribution in [0.1, 0.15) is 13.3 Å². The molecule has 1 amide bonds. The fraction of sp³-hybridized carbons (Fsp3) is 0.600. The highest BCUT2D eigenvalue weighted by atomic mass is 16.6. The van der Waals surface area contributed by atoms with Gasteiger partial charge in [-0.15, -0.1) is 0 Å². The Kier molecular flexibility index (Phi) is 3.43. The van der Waals surface area contributed by atoms with E-state index >= 15 is 0 Å². The highest BCUT2D eigenvalue weighted by molar-refractivity contribution is 5.65. The van der Waals surface area contributed by atoms with Gasteiger partial charge in [0.15, 0.2) is 0 Å². The maximum Gasteiger partial charge on any atom is 0.404 e. The first kappa shape index (κ1) is 7.94. The van der Waals surface area contributed by atoms with E-state index in [1.54, 1.807) is 6.92 Å². The van der Waals surface area contributed by atoms with Crippen molar-refractivity contribution in [1.29, 1.82) is 0 Å². The Labute approximate surface area is 53.0 Å². The topological polar surface area (TPSA) is 69.4 Å². The molecule has 0 saturated heterocycles. The van der Waals surface area contributed by atoms with Gasteiger partial charge in [0.25, 0.3) is 0 Å². The van der Waals surface area contributed by atoms with E-state index in [0.29, 0.717) is 6.29 Å². The third-order valence-electron chi connectivity index (χ3n) is 0.745. The average molecular weight is 131 g/mol. The molecule has 0 aromatic heterocycles. The van der Waals surface area contributed by atoms with E-state index in [1.807, 2.05) is 0 Å². The zero-order valence-corrected chi connectivity index (χ0v) is 5.16. The highest BCUT2D eigenvalue weighted by Crippen LogP contribution is 1.92. The number of hydrogen-bond donors (Lipinski definition) is 1. The maximum absolute atomic E-state index is 9.97. The van der Waals surface area contributed by atoms with Gasteiger partial charge in [-0.1, -0.05) is 0 Å². The number of aldehydes is 1. The Morgan fingerprint density at radius 2 is 2.44 bits per heavy atom. The molecule has 2 N–H and O–H groups in total. The number of amides is 1. The lowest BCUT2D eigenvalue weighted by Gasteiger charge is -2.05. The molecular weight excluding hydrogens is 122 g/mol. The van der Waals surface area contributed by atoms with Crippen molar-refractivity contribution < 1.29 is 14.3 Å². The number of hydrogen-bond acceptors (Lipinski definition) is 3. The van der Waals surface area contributed by atoms with Crippen molar-refractivity contribution in [1.82, 2.24) is 0 Å². The molecule has 0 heterocycles. The van der Waals surface area contributed by atoms with Crippen LogP contribution in [0.25, 0.3) is 0 Å². The second-order valence-corrected chi connectivity index (χ2v) is 1.65. The van der Waals surface area contributed by atoms with Crippen LogP contribution in [-0.2, 0) is 9.53 Å². The SMILES string of the molecule is CC(CC=O)OC(N)=O. The summed E-state index contributed by atoms with van der Waals surface area (Å²) in [4.78, 5) is 19.7. The van der Waals surface area contributed by atoms with Crippen molar-refractivity contribution in [3.63, 3.8) is 0 Å². The van der Waals surface area contributed by atoms with Crippen LogP contribution in [0.3, 0.4) is 0 Å². The van der Waals surface area contributed by atoms with Gasteiger partial charge in [0.2, 0.25) is 0 Å². The van der Waals surface area contributed by atoms with Gasteiger partial charge >= 0.3 is 6.09 Å². The summed E-state index contributed by atoms with van der Waals surface area (Å²) < 4.78 is 4.40. The first-order chi connectivity index (χ1) is 4.16. The number of primary amides is 1. The second kappa shape index (κ2) is 3.88. The number of carbonyl (C=O) groups is 2. The Bertz CT molecular complexity index is 113. The fourth-order valence-electron chi connectivity index (χ4n) is 0.382. The lowest BCUT2D eigenvalue weighted by atomic mass is 10.3. The molecule has 0 aliphatic carbocycles. The molecule has 0 aliphatic heterocycles. The van der Waals surface area contributed by atoms with E-state index in [1.165, 1.54) is 0 Å². The minimum atomic E-state index is -0.843. The molecule has 0 radical (unpaired) electrons. The van der Waals surface area contributed by atoms with Gasteiger partial charge in [-0.3, -0.25) is 0 Å². The van der Waals surface area contributed by atoms with Crippen molar-refractivity contribution in [2.24, 2.45) is 5.73 Å². The van der Waals surface area contributed by atoms with Gasteiger partial charge in [0.1, 0.15) is 12.4 Å². The van der Waals surface area contributed by atoms with E-state index in [4.69, 9.17) is 0 Å². The molecule has 0 saturated carbocycles. The summed E-state index contributed by atoms with van der Waals surface area (Å²) >= 11 is 0. The molecule has 52 valence electrons. The summed E-state index contributed by atoms with van der Waals surface area (Å²) in [6, 6.07) is 0. The summed E-state index contributed by atoms with van der Waals surface area (Å²) in [5.41, 5.74) is 4.65. The zero-order valence-electron chi connectivity index (χ0n) is 5.16. The molecule has 0 aliphatic rings. The first-order valence-electron chi connectivity index (χ1n) is 2.56. The van der Waals surface area contributed by atoms with E-state index < -0.39 is 12.2 Å². The van der Waals surface area contributed by atoms with Crippen molar-refractivity contribution in [2.75, 3.05) is 0 Å². The third kappa shape index (κ3) is 4.80. The first-order valence-corrected chi connectivity index (χ1v) is 2.56. The van der Waals surface area contributed by atoms with Crippen molar-refractivity contribution in [2.45, 2.75) is 19.4 Å². The van der Waals surface area contributed by atoms with Crippen LogP contribution >= 0.6 is 0 Å². The van der Waals surface area contributed by atoms with Crippen molar-refractivity contribution in [3.05, 3.63) is 0 Å². The molecule has 0 fully saturated rings. The lowest BCUT2D eigenvalue weighted by Crippen LogP contribution is -2.20. The monoisotopic (exact) mass is 131 g/mol. The van der Waals surface area contributed by atoms with E-state index in [2.05, 4.69) is 10.5 Å². The second-order valence-electron chi connectivity index (χ2n) is 1.65. The molecular formula is C5H9NO3. The Morgan fingerprint density at radius 3 is 2.78 bits per heavy atom. The molecule has 0 bridgehead atoms. The molecule has 9 heavy (non-hydrogen) atoms. The molecule has 0 spiro atoms. The summed E-state index contributed by atoms with van der Waals surface area (Å²) in [6.45, 7) is 1.60. The van der Waals surface area contributed by atoms with Gasteiger partial charge < -0.3 is 15.3 Å². The summed E-state index contributed by atoms with van der Waals surface area (Å²) in [5.74, 6) is 0. The molecule has 4 nitrogen and oxygen atoms in total. The van der Waals surface area contributed by atoms with Gasteiger partial charge in [0, 0.05) is 6.42 Å². The minimum absolute atomic E-state index is 0.197. The molecule has 0 aromatic carbocycles. The number of nitrogens with two attached hydrogens (primary N) is 1. The van der Waals surface area contributed by atoms with E-state index in [0.717, 1.165) is 0 Å². The van der Waals surface area contributed by atoms with Crippen LogP contribution < -0.4 is 5.73 Å². The summed E-state index contributed by atoms with van der Waals surface area (Å²) in [7, 11) is 0. The van der Waals surface area contributed by atoms with E-state index in [9.17, 15) is 9.59 Å². The quantitative estimate of drug-likeness (QED) is 0.550. The maximum atomic E-state index is 9.97. The van der Waals surface area contributed by atoms with Gasteiger partial charge in [-0.05, 0) is 6.92 Å². The number of ether oxygens (including phenoxy) is 1. The Hall–Kier alpha value is -1.06. The zero-order chi connectivity index (χ0) is 7.28. The fourth-order valence-corrected chi connectivity index (χ4v) is 0.382. The smallest absolute Gasteiger partial charge is 0.404 e. The molecule has 1 atom stereocenters. The van der Waals surface area contributed by atoms with Crippen molar-refractivity contribution in [3.8, 4) is 0 Å². The van der Waals surface area contributed by atoms with Crippen LogP contribution in [0.2, 0.25) is 0 Å². The minimum Gasteiger partial charge on any atom is -0.446 e. The Balaban J connectivity index is 3.37. The number of carbonyl (C=O) groups excluding carboxylic acids is 2. The van der Waals surface area contributed by atoms with Gasteiger partial charge in [-0.2, -0.15) is 0 Å². The molecule has 0 aromatic rings. The Morgan fingerprint density at radius 1 is 1.89 bits per heavy atom. The van der Waals surface area contributed by atoms with Crippen LogP contribution in [0.5, 0.6) is 0 Å². The van der Waals surface area contributed by atoms with Gasteiger partial charge in [-0.25, -0.2) is 4.79 Å². The molecule has 1 unspecified atom stereocenters. The average Bonchev–Trinajstić information content (AvgIpc) is 1.63. The van der Waals surface area contributed by atoms with Crippen molar-refractivity contribution >= 4 is 12.4 Å². The summed E-state index contributed by atoms with van der Waals surface area (Å²) in [6.07, 6.45) is -0.374. The largest absolute Gasteiger partial charge is 0.446 e. The highest BCUT2D eigenvalue weighted by Gasteiger charge is 2.02. The predicted molar refractivity (Wildman–Crippen MR) is 30.8 cm³/mol. The molecule has 4 heteroatoms. The molecule has 0 rings (SSSR count). The van der Waals surface area contributed by atoms with Crippen LogP contribution in [0, 0.1) is 0 Å². The predicted octanol–water partition coefficient (Wildman–Crippen LogP) is 0.0592. The number of rotatable bonds is 3. The van der Waals surface area contributed by atoms with Crippen LogP contribution in [-0.4, -0.2) is 18.5 Å².